The Kier molecular flexibility index (Phi) is 9.07. The molecule has 4 nitrogen and oxygen atoms in total. The molecule has 0 bridgehead atoms. The summed E-state index contributed by atoms with van der Waals surface area (Å²) in [6.07, 6.45) is 0. The molecule has 2 N–H and O–H groups in total. The lowest BCUT2D eigenvalue weighted by molar-refractivity contribution is 0.426. The molecule has 0 radical (unpaired) electrons. The van der Waals surface area contributed by atoms with Crippen LogP contribution in [0.2, 0.25) is 0 Å². The van der Waals surface area contributed by atoms with Gasteiger partial charge in [0.2, 0.25) is 0 Å². The van der Waals surface area contributed by atoms with Gasteiger partial charge in [0, 0.05) is 37.4 Å². The number of rotatable bonds is 3. The Bertz CT molecular complexity index is 2110. The van der Waals surface area contributed by atoms with Crippen molar-refractivity contribution >= 4 is 72.1 Å². The minimum atomic E-state index is -1.46. The van der Waals surface area contributed by atoms with E-state index in [2.05, 4.69) is 122 Å². The molecule has 44 heavy (non-hydrogen) atoms. The van der Waals surface area contributed by atoms with E-state index in [0.29, 0.717) is 5.46 Å². The van der Waals surface area contributed by atoms with Crippen LogP contribution in [0.15, 0.2) is 150 Å². The summed E-state index contributed by atoms with van der Waals surface area (Å²) >= 11 is 3.56. The smallest absolute Gasteiger partial charge is 0.423 e. The van der Waals surface area contributed by atoms with Gasteiger partial charge in [-0.3, -0.25) is 0 Å². The van der Waals surface area contributed by atoms with Crippen LogP contribution in [0, 0.1) is 0 Å². The zero-order chi connectivity index (χ0) is 28.6. The Morgan fingerprint density at radius 1 is 0.432 bits per heavy atom. The summed E-state index contributed by atoms with van der Waals surface area (Å²) in [6.45, 7) is 0. The fourth-order valence-electron chi connectivity index (χ4n) is 5.84. The molecule has 0 unspecified atom stereocenters. The van der Waals surface area contributed by atoms with Gasteiger partial charge >= 0.3 is 7.12 Å². The maximum Gasteiger partial charge on any atom is 0.488 e. The summed E-state index contributed by atoms with van der Waals surface area (Å²) in [4.78, 5) is 0. The van der Waals surface area contributed by atoms with E-state index in [9.17, 15) is 10.0 Å². The van der Waals surface area contributed by atoms with Crippen LogP contribution in [0.1, 0.15) is 14.9 Å². The van der Waals surface area contributed by atoms with Gasteiger partial charge in [-0.1, -0.05) is 122 Å². The lowest BCUT2D eigenvalue weighted by atomic mass is 9.80. The molecule has 0 spiro atoms. The molecular weight excluding hydrogens is 607 g/mol. The second kappa shape index (κ2) is 12.9. The molecule has 8 aromatic rings. The van der Waals surface area contributed by atoms with E-state index in [0.717, 1.165) is 21.2 Å². The third-order valence-corrected chi connectivity index (χ3v) is 8.15. The summed E-state index contributed by atoms with van der Waals surface area (Å²) in [5.41, 5.74) is 7.28. The summed E-state index contributed by atoms with van der Waals surface area (Å²) in [6, 6.07) is 49.3. The maximum absolute atomic E-state index is 9.42. The normalized spacial score (nSPS) is 10.7. The Morgan fingerprint density at radius 3 is 1.18 bits per heavy atom. The van der Waals surface area contributed by atoms with Gasteiger partial charge < -0.3 is 19.2 Å². The topological polar surface area (TPSA) is 50.3 Å². The SMILES string of the molecule is Brc1cccc(-n2c3ccccc3c3ccccc32)c1.C.C.OB(O)c1cccc(-n2c3ccccc3c3ccccc32)c1. The number of fused-ring (bicyclic) bond motifs is 6. The van der Waals surface area contributed by atoms with Crippen molar-refractivity contribution in [3.05, 3.63) is 150 Å². The Labute approximate surface area is 266 Å². The molecule has 0 saturated carbocycles. The molecule has 0 aliphatic rings. The first-order chi connectivity index (χ1) is 20.6. The van der Waals surface area contributed by atoms with E-state index in [4.69, 9.17) is 0 Å². The molecule has 0 atom stereocenters. The van der Waals surface area contributed by atoms with Crippen molar-refractivity contribution in [1.29, 1.82) is 0 Å². The Balaban J connectivity index is 0.000000168. The van der Waals surface area contributed by atoms with Crippen molar-refractivity contribution in [2.24, 2.45) is 0 Å². The van der Waals surface area contributed by atoms with E-state index in [1.165, 1.54) is 38.3 Å². The van der Waals surface area contributed by atoms with Crippen molar-refractivity contribution < 1.29 is 10.0 Å². The lowest BCUT2D eigenvalue weighted by Crippen LogP contribution is -2.29. The van der Waals surface area contributed by atoms with Gasteiger partial charge in [0.1, 0.15) is 0 Å². The van der Waals surface area contributed by atoms with E-state index in [-0.39, 0.29) is 14.9 Å². The van der Waals surface area contributed by atoms with Crippen LogP contribution >= 0.6 is 15.9 Å². The van der Waals surface area contributed by atoms with Gasteiger partial charge in [0.15, 0.2) is 0 Å². The van der Waals surface area contributed by atoms with Gasteiger partial charge in [-0.2, -0.15) is 0 Å². The van der Waals surface area contributed by atoms with E-state index >= 15 is 0 Å². The molecule has 0 saturated heterocycles. The maximum atomic E-state index is 9.42. The van der Waals surface area contributed by atoms with Gasteiger partial charge in [0.25, 0.3) is 0 Å². The predicted octanol–water partition coefficient (Wildman–Crippen LogP) is 9.28. The first-order valence-corrected chi connectivity index (χ1v) is 14.6. The molecule has 0 fully saturated rings. The van der Waals surface area contributed by atoms with Gasteiger partial charge in [0.05, 0.1) is 22.1 Å². The number of hydrogen-bond donors (Lipinski definition) is 2. The molecule has 2 aromatic heterocycles. The first kappa shape index (κ1) is 30.8. The van der Waals surface area contributed by atoms with Crippen molar-refractivity contribution in [1.82, 2.24) is 9.13 Å². The number of nitrogens with zero attached hydrogens (tertiary/aromatic N) is 2. The second-order valence-corrected chi connectivity index (χ2v) is 11.1. The monoisotopic (exact) mass is 640 g/mol. The van der Waals surface area contributed by atoms with E-state index < -0.39 is 7.12 Å². The number of halogens is 1. The Morgan fingerprint density at radius 2 is 0.795 bits per heavy atom. The number of benzene rings is 6. The zero-order valence-corrected chi connectivity index (χ0v) is 24.2. The summed E-state index contributed by atoms with van der Waals surface area (Å²) < 4.78 is 5.56. The van der Waals surface area contributed by atoms with Crippen LogP contribution in [0.4, 0.5) is 0 Å². The van der Waals surface area contributed by atoms with Crippen LogP contribution in [0.25, 0.3) is 55.0 Å². The number of para-hydroxylation sites is 4. The molecule has 8 rings (SSSR count). The molecule has 2 heterocycles. The fraction of sp³-hybridized carbons (Fsp3) is 0.0526. The van der Waals surface area contributed by atoms with Crippen LogP contribution in [-0.4, -0.2) is 26.3 Å². The number of hydrogen-bond acceptors (Lipinski definition) is 2. The zero-order valence-electron chi connectivity index (χ0n) is 22.6. The fourth-order valence-corrected chi connectivity index (χ4v) is 6.23. The van der Waals surface area contributed by atoms with E-state index in [1.54, 1.807) is 6.07 Å². The third kappa shape index (κ3) is 5.44. The predicted molar refractivity (Wildman–Crippen MR) is 193 cm³/mol. The van der Waals surface area contributed by atoms with Crippen LogP contribution < -0.4 is 5.46 Å². The van der Waals surface area contributed by atoms with Crippen molar-refractivity contribution in [3.63, 3.8) is 0 Å². The minimum Gasteiger partial charge on any atom is -0.423 e. The molecule has 218 valence electrons. The van der Waals surface area contributed by atoms with Crippen molar-refractivity contribution in [2.75, 3.05) is 0 Å². The number of aromatic nitrogens is 2. The standard InChI is InChI=1S/C18H14BNO2.C18H12BrN.2CH4/c21-19(22)13-6-5-7-14(12-13)20-17-10-3-1-8-15(17)16-9-2-4-11-18(16)20;19-13-6-5-7-14(12-13)20-17-10-3-1-8-15(17)16-9-2-4-11-18(16)20;;/h1-12,21-22H;1-12H;2*1H4. The highest BCUT2D eigenvalue weighted by Gasteiger charge is 2.15. The highest BCUT2D eigenvalue weighted by molar-refractivity contribution is 9.10. The molecule has 0 amide bonds. The highest BCUT2D eigenvalue weighted by Crippen LogP contribution is 2.33. The van der Waals surface area contributed by atoms with Gasteiger partial charge in [-0.15, -0.1) is 0 Å². The Hall–Kier alpha value is -4.62. The molecule has 6 heteroatoms. The van der Waals surface area contributed by atoms with Crippen molar-refractivity contribution in [2.45, 2.75) is 14.9 Å². The van der Waals surface area contributed by atoms with Crippen LogP contribution in [-0.2, 0) is 0 Å². The molecule has 6 aromatic carbocycles. The average molecular weight is 641 g/mol. The van der Waals surface area contributed by atoms with Crippen LogP contribution in [0.3, 0.4) is 0 Å². The average Bonchev–Trinajstić information content (AvgIpc) is 3.55. The van der Waals surface area contributed by atoms with Crippen LogP contribution in [0.5, 0.6) is 0 Å². The van der Waals surface area contributed by atoms with E-state index in [1.807, 2.05) is 42.5 Å². The second-order valence-electron chi connectivity index (χ2n) is 10.2. The summed E-state index contributed by atoms with van der Waals surface area (Å²) in [5, 5.41) is 23.8. The van der Waals surface area contributed by atoms with Gasteiger partial charge in [-0.25, -0.2) is 0 Å². The largest absolute Gasteiger partial charge is 0.488 e. The molecular formula is C38H34BBrN2O2. The first-order valence-electron chi connectivity index (χ1n) is 13.8. The third-order valence-electron chi connectivity index (χ3n) is 7.65. The quantitative estimate of drug-likeness (QED) is 0.189. The minimum absolute atomic E-state index is 0. The summed E-state index contributed by atoms with van der Waals surface area (Å²) in [5.74, 6) is 0. The highest BCUT2D eigenvalue weighted by atomic mass is 79.9. The lowest BCUT2D eigenvalue weighted by Gasteiger charge is -2.09. The van der Waals surface area contributed by atoms with Gasteiger partial charge in [-0.05, 0) is 60.1 Å². The molecule has 0 aliphatic heterocycles. The van der Waals surface area contributed by atoms with Crippen molar-refractivity contribution in [3.8, 4) is 11.4 Å². The summed E-state index contributed by atoms with van der Waals surface area (Å²) in [7, 11) is -1.46. The molecule has 0 aliphatic carbocycles.